The maximum absolute atomic E-state index is 12.4. The molecule has 0 aromatic carbocycles. The van der Waals surface area contributed by atoms with Gasteiger partial charge in [-0.1, -0.05) is 34.6 Å². The Morgan fingerprint density at radius 3 is 2.42 bits per heavy atom. The van der Waals surface area contributed by atoms with Crippen molar-refractivity contribution in [3.05, 3.63) is 0 Å². The summed E-state index contributed by atoms with van der Waals surface area (Å²) in [5, 5.41) is 3.24. The molecule has 1 aliphatic carbocycles. The van der Waals surface area contributed by atoms with Crippen molar-refractivity contribution in [2.45, 2.75) is 66.3 Å². The lowest BCUT2D eigenvalue weighted by Crippen LogP contribution is -2.46. The Balaban J connectivity index is 2.52. The van der Waals surface area contributed by atoms with Crippen molar-refractivity contribution in [2.75, 3.05) is 6.54 Å². The number of nitrogens with one attached hydrogen (secondary N) is 1. The summed E-state index contributed by atoms with van der Waals surface area (Å²) in [4.78, 5) is 12.4. The maximum atomic E-state index is 12.4. The SMILES string of the molecule is CC1CCC(NC(=O)C(CN)CC(C)(C)C)C(C)C1. The largest absolute Gasteiger partial charge is 0.353 e. The molecule has 4 atom stereocenters. The molecule has 0 aromatic heterocycles. The summed E-state index contributed by atoms with van der Waals surface area (Å²) < 4.78 is 0. The van der Waals surface area contributed by atoms with Gasteiger partial charge in [-0.2, -0.15) is 0 Å². The lowest BCUT2D eigenvalue weighted by Gasteiger charge is -2.34. The fourth-order valence-corrected chi connectivity index (χ4v) is 3.20. The minimum absolute atomic E-state index is 0.0495. The second-order valence-electron chi connectivity index (χ2n) is 7.71. The van der Waals surface area contributed by atoms with E-state index in [9.17, 15) is 4.79 Å². The lowest BCUT2D eigenvalue weighted by atomic mass is 9.79. The van der Waals surface area contributed by atoms with Gasteiger partial charge in [-0.3, -0.25) is 4.79 Å². The van der Waals surface area contributed by atoms with Crippen LogP contribution in [0.4, 0.5) is 0 Å². The normalized spacial score (nSPS) is 29.9. The van der Waals surface area contributed by atoms with Gasteiger partial charge in [0, 0.05) is 12.6 Å². The van der Waals surface area contributed by atoms with Crippen LogP contribution in [0.5, 0.6) is 0 Å². The zero-order valence-electron chi connectivity index (χ0n) is 13.3. The molecule has 3 heteroatoms. The van der Waals surface area contributed by atoms with E-state index in [0.29, 0.717) is 18.5 Å². The Bertz CT molecular complexity index is 296. The molecule has 4 unspecified atom stereocenters. The predicted molar refractivity (Wildman–Crippen MR) is 80.7 cm³/mol. The van der Waals surface area contributed by atoms with E-state index in [2.05, 4.69) is 39.9 Å². The third kappa shape index (κ3) is 5.52. The van der Waals surface area contributed by atoms with E-state index in [0.717, 1.165) is 18.8 Å². The summed E-state index contributed by atoms with van der Waals surface area (Å²) in [7, 11) is 0. The van der Waals surface area contributed by atoms with E-state index in [1.54, 1.807) is 0 Å². The zero-order valence-corrected chi connectivity index (χ0v) is 13.3. The predicted octanol–water partition coefficient (Wildman–Crippen LogP) is 2.94. The summed E-state index contributed by atoms with van der Waals surface area (Å²) in [5.74, 6) is 1.49. The molecular weight excluding hydrogens is 236 g/mol. The quantitative estimate of drug-likeness (QED) is 0.823. The van der Waals surface area contributed by atoms with Gasteiger partial charge in [-0.05, 0) is 42.9 Å². The Morgan fingerprint density at radius 1 is 1.32 bits per heavy atom. The summed E-state index contributed by atoms with van der Waals surface area (Å²) >= 11 is 0. The van der Waals surface area contributed by atoms with Gasteiger partial charge in [0.05, 0.1) is 5.92 Å². The second kappa shape index (κ2) is 6.74. The molecule has 1 fully saturated rings. The van der Waals surface area contributed by atoms with Crippen molar-refractivity contribution in [2.24, 2.45) is 28.9 Å². The van der Waals surface area contributed by atoms with Gasteiger partial charge < -0.3 is 11.1 Å². The molecule has 3 nitrogen and oxygen atoms in total. The number of hydrogen-bond acceptors (Lipinski definition) is 2. The van der Waals surface area contributed by atoms with Crippen LogP contribution in [0.3, 0.4) is 0 Å². The molecule has 19 heavy (non-hydrogen) atoms. The van der Waals surface area contributed by atoms with Gasteiger partial charge in [0.2, 0.25) is 5.91 Å². The number of nitrogens with two attached hydrogens (primary N) is 1. The van der Waals surface area contributed by atoms with Gasteiger partial charge in [0.15, 0.2) is 0 Å². The summed E-state index contributed by atoms with van der Waals surface area (Å²) in [6.07, 6.45) is 4.41. The molecule has 3 N–H and O–H groups in total. The molecule has 1 rings (SSSR count). The third-order valence-electron chi connectivity index (χ3n) is 4.27. The maximum Gasteiger partial charge on any atom is 0.224 e. The Morgan fingerprint density at radius 2 is 1.95 bits per heavy atom. The van der Waals surface area contributed by atoms with Crippen LogP contribution in [0.25, 0.3) is 0 Å². The van der Waals surface area contributed by atoms with Gasteiger partial charge in [-0.15, -0.1) is 0 Å². The molecule has 0 spiro atoms. The molecule has 0 bridgehead atoms. The minimum Gasteiger partial charge on any atom is -0.353 e. The van der Waals surface area contributed by atoms with E-state index in [4.69, 9.17) is 5.73 Å². The van der Waals surface area contributed by atoms with Crippen LogP contribution in [0.15, 0.2) is 0 Å². The van der Waals surface area contributed by atoms with Crippen LogP contribution in [-0.2, 0) is 4.79 Å². The topological polar surface area (TPSA) is 55.1 Å². The standard InChI is InChI=1S/C16H32N2O/c1-11-6-7-14(12(2)8-11)18-15(19)13(10-17)9-16(3,4)5/h11-14H,6-10,17H2,1-5H3,(H,18,19). The van der Waals surface area contributed by atoms with Crippen molar-refractivity contribution in [3.63, 3.8) is 0 Å². The molecule has 1 aliphatic rings. The number of amides is 1. The summed E-state index contributed by atoms with van der Waals surface area (Å²) in [5.41, 5.74) is 5.93. The van der Waals surface area contributed by atoms with Crippen LogP contribution in [0.2, 0.25) is 0 Å². The van der Waals surface area contributed by atoms with Crippen LogP contribution in [0.1, 0.15) is 60.3 Å². The van der Waals surface area contributed by atoms with E-state index in [1.165, 1.54) is 12.8 Å². The van der Waals surface area contributed by atoms with Crippen LogP contribution in [0, 0.1) is 23.2 Å². The molecule has 1 amide bonds. The molecule has 112 valence electrons. The Hall–Kier alpha value is -0.570. The monoisotopic (exact) mass is 268 g/mol. The number of hydrogen-bond donors (Lipinski definition) is 2. The highest BCUT2D eigenvalue weighted by molar-refractivity contribution is 5.79. The van der Waals surface area contributed by atoms with E-state index >= 15 is 0 Å². The van der Waals surface area contributed by atoms with Gasteiger partial charge in [0.1, 0.15) is 0 Å². The smallest absolute Gasteiger partial charge is 0.224 e. The fraction of sp³-hybridized carbons (Fsp3) is 0.938. The van der Waals surface area contributed by atoms with Crippen molar-refractivity contribution in [1.29, 1.82) is 0 Å². The van der Waals surface area contributed by atoms with Crippen molar-refractivity contribution in [1.82, 2.24) is 5.32 Å². The molecular formula is C16H32N2O. The fourth-order valence-electron chi connectivity index (χ4n) is 3.20. The average molecular weight is 268 g/mol. The molecule has 1 saturated carbocycles. The number of carbonyl (C=O) groups is 1. The molecule has 0 heterocycles. The molecule has 0 saturated heterocycles. The van der Waals surface area contributed by atoms with Crippen LogP contribution in [-0.4, -0.2) is 18.5 Å². The highest BCUT2D eigenvalue weighted by Gasteiger charge is 2.30. The Labute approximate surface area is 118 Å². The first-order valence-electron chi connectivity index (χ1n) is 7.73. The van der Waals surface area contributed by atoms with Crippen LogP contribution >= 0.6 is 0 Å². The van der Waals surface area contributed by atoms with Crippen molar-refractivity contribution in [3.8, 4) is 0 Å². The number of carbonyl (C=O) groups excluding carboxylic acids is 1. The van der Waals surface area contributed by atoms with Crippen molar-refractivity contribution >= 4 is 5.91 Å². The second-order valence-corrected chi connectivity index (χ2v) is 7.71. The first kappa shape index (κ1) is 16.5. The van der Waals surface area contributed by atoms with Crippen molar-refractivity contribution < 1.29 is 4.79 Å². The van der Waals surface area contributed by atoms with E-state index in [1.807, 2.05) is 0 Å². The van der Waals surface area contributed by atoms with Gasteiger partial charge >= 0.3 is 0 Å². The molecule has 0 aliphatic heterocycles. The first-order chi connectivity index (χ1) is 8.73. The zero-order chi connectivity index (χ0) is 14.6. The third-order valence-corrected chi connectivity index (χ3v) is 4.27. The Kier molecular flexibility index (Phi) is 5.84. The van der Waals surface area contributed by atoms with Gasteiger partial charge in [0.25, 0.3) is 0 Å². The highest BCUT2D eigenvalue weighted by Crippen LogP contribution is 2.29. The lowest BCUT2D eigenvalue weighted by molar-refractivity contribution is -0.127. The summed E-state index contributed by atoms with van der Waals surface area (Å²) in [6, 6.07) is 0.345. The van der Waals surface area contributed by atoms with Gasteiger partial charge in [-0.25, -0.2) is 0 Å². The summed E-state index contributed by atoms with van der Waals surface area (Å²) in [6.45, 7) is 11.5. The van der Waals surface area contributed by atoms with E-state index in [-0.39, 0.29) is 17.2 Å². The molecule has 0 aromatic rings. The molecule has 0 radical (unpaired) electrons. The number of rotatable bonds is 4. The van der Waals surface area contributed by atoms with E-state index < -0.39 is 0 Å². The van der Waals surface area contributed by atoms with Crippen LogP contribution < -0.4 is 11.1 Å². The average Bonchev–Trinajstić information content (AvgIpc) is 2.28. The first-order valence-corrected chi connectivity index (χ1v) is 7.73. The highest BCUT2D eigenvalue weighted by atomic mass is 16.2. The minimum atomic E-state index is -0.0495.